The van der Waals surface area contributed by atoms with Gasteiger partial charge in [-0.1, -0.05) is 6.07 Å². The molecule has 0 saturated heterocycles. The van der Waals surface area contributed by atoms with Crippen LogP contribution >= 0.6 is 11.8 Å². The van der Waals surface area contributed by atoms with Gasteiger partial charge < -0.3 is 5.32 Å². The Bertz CT molecular complexity index is 1130. The Hall–Kier alpha value is -3.25. The van der Waals surface area contributed by atoms with E-state index in [1.165, 1.54) is 11.8 Å². The predicted molar refractivity (Wildman–Crippen MR) is 112 cm³/mol. The average molecular weight is 386 g/mol. The molecule has 0 spiro atoms. The van der Waals surface area contributed by atoms with Gasteiger partial charge in [-0.05, 0) is 61.0 Å². The van der Waals surface area contributed by atoms with Gasteiger partial charge in [0.1, 0.15) is 5.03 Å². The van der Waals surface area contributed by atoms with Gasteiger partial charge in [0.05, 0.1) is 11.1 Å². The number of nitrogens with one attached hydrogen (secondary N) is 1. The third kappa shape index (κ3) is 4.18. The summed E-state index contributed by atoms with van der Waals surface area (Å²) >= 11 is 1.53. The van der Waals surface area contributed by atoms with Gasteiger partial charge in [0, 0.05) is 41.1 Å². The van der Waals surface area contributed by atoms with Gasteiger partial charge in [-0.25, -0.2) is 4.98 Å². The van der Waals surface area contributed by atoms with E-state index in [0.717, 1.165) is 33.6 Å². The Morgan fingerprint density at radius 1 is 1.04 bits per heavy atom. The third-order valence-corrected chi connectivity index (χ3v) is 5.30. The molecule has 138 valence electrons. The quantitative estimate of drug-likeness (QED) is 0.495. The highest BCUT2D eigenvalue weighted by Crippen LogP contribution is 2.25. The molecule has 0 fully saturated rings. The van der Waals surface area contributed by atoms with Crippen LogP contribution in [0.5, 0.6) is 0 Å². The molecule has 1 amide bonds. The highest BCUT2D eigenvalue weighted by molar-refractivity contribution is 7.98. The number of thioether (sulfide) groups is 1. The minimum absolute atomic E-state index is 0.176. The maximum atomic E-state index is 12.8. The van der Waals surface area contributed by atoms with Gasteiger partial charge in [0.25, 0.3) is 5.91 Å². The number of hydrogen-bond donors (Lipinski definition) is 1. The molecular weight excluding hydrogens is 368 g/mol. The number of nitrogens with zero attached hydrogens (tertiary/aromatic N) is 3. The van der Waals surface area contributed by atoms with Gasteiger partial charge >= 0.3 is 0 Å². The number of anilines is 1. The number of benzene rings is 1. The van der Waals surface area contributed by atoms with Crippen molar-refractivity contribution in [1.29, 1.82) is 0 Å². The first kappa shape index (κ1) is 18.1. The fraction of sp³-hybridized carbons (Fsp3) is 0.0909. The Morgan fingerprint density at radius 3 is 2.75 bits per heavy atom. The fourth-order valence-electron chi connectivity index (χ4n) is 2.81. The van der Waals surface area contributed by atoms with E-state index >= 15 is 0 Å². The van der Waals surface area contributed by atoms with Crippen molar-refractivity contribution in [3.8, 4) is 0 Å². The average Bonchev–Trinajstić information content (AvgIpc) is 2.73. The van der Waals surface area contributed by atoms with E-state index in [1.807, 2.05) is 49.4 Å². The number of amides is 1. The van der Waals surface area contributed by atoms with Crippen LogP contribution in [0.25, 0.3) is 10.9 Å². The standard InChI is InChI=1S/C22H18N4OS/c1-15-4-5-17-13-18(6-7-20(17)25-15)26-21(27)19-3-2-10-24-22(19)28-14-16-8-11-23-12-9-16/h2-13H,14H2,1H3,(H,26,27). The van der Waals surface area contributed by atoms with Crippen LogP contribution in [-0.4, -0.2) is 20.9 Å². The van der Waals surface area contributed by atoms with Crippen LogP contribution in [0.1, 0.15) is 21.6 Å². The summed E-state index contributed by atoms with van der Waals surface area (Å²) in [6.45, 7) is 1.96. The summed E-state index contributed by atoms with van der Waals surface area (Å²) in [7, 11) is 0. The fourth-order valence-corrected chi connectivity index (χ4v) is 3.76. The Kier molecular flexibility index (Phi) is 5.30. The maximum Gasteiger partial charge on any atom is 0.258 e. The molecule has 1 N–H and O–H groups in total. The molecule has 4 rings (SSSR count). The zero-order valence-electron chi connectivity index (χ0n) is 15.3. The first-order valence-corrected chi connectivity index (χ1v) is 9.83. The zero-order valence-corrected chi connectivity index (χ0v) is 16.1. The Morgan fingerprint density at radius 2 is 1.89 bits per heavy atom. The van der Waals surface area contributed by atoms with Crippen molar-refractivity contribution in [3.63, 3.8) is 0 Å². The van der Waals surface area contributed by atoms with Gasteiger partial charge in [-0.3, -0.25) is 14.8 Å². The second-order valence-electron chi connectivity index (χ2n) is 6.31. The highest BCUT2D eigenvalue weighted by atomic mass is 32.2. The van der Waals surface area contributed by atoms with Gasteiger partial charge in [0.2, 0.25) is 0 Å². The molecular formula is C22H18N4OS. The molecule has 0 bridgehead atoms. The third-order valence-electron chi connectivity index (χ3n) is 4.23. The van der Waals surface area contributed by atoms with Crippen LogP contribution in [0, 0.1) is 6.92 Å². The Balaban J connectivity index is 1.52. The summed E-state index contributed by atoms with van der Waals surface area (Å²) in [6.07, 6.45) is 5.23. The number of aryl methyl sites for hydroxylation is 1. The summed E-state index contributed by atoms with van der Waals surface area (Å²) in [5.41, 5.74) is 4.30. The minimum atomic E-state index is -0.176. The SMILES string of the molecule is Cc1ccc2cc(NC(=O)c3cccnc3SCc3ccncc3)ccc2n1. The van der Waals surface area contributed by atoms with Crippen molar-refractivity contribution < 1.29 is 4.79 Å². The minimum Gasteiger partial charge on any atom is -0.322 e. The molecule has 0 saturated carbocycles. The number of rotatable bonds is 5. The first-order chi connectivity index (χ1) is 13.7. The number of carbonyl (C=O) groups excluding carboxylic acids is 1. The van der Waals surface area contributed by atoms with Gasteiger partial charge in [-0.2, -0.15) is 0 Å². The van der Waals surface area contributed by atoms with E-state index in [2.05, 4.69) is 20.3 Å². The molecule has 0 radical (unpaired) electrons. The zero-order chi connectivity index (χ0) is 19.3. The van der Waals surface area contributed by atoms with E-state index < -0.39 is 0 Å². The monoisotopic (exact) mass is 386 g/mol. The largest absolute Gasteiger partial charge is 0.322 e. The van der Waals surface area contributed by atoms with Crippen LogP contribution in [0.2, 0.25) is 0 Å². The summed E-state index contributed by atoms with van der Waals surface area (Å²) in [5.74, 6) is 0.547. The molecule has 0 aliphatic carbocycles. The smallest absolute Gasteiger partial charge is 0.258 e. The van der Waals surface area contributed by atoms with Crippen molar-refractivity contribution in [2.45, 2.75) is 17.7 Å². The lowest BCUT2D eigenvalue weighted by Crippen LogP contribution is -2.13. The lowest BCUT2D eigenvalue weighted by Gasteiger charge is -2.10. The lowest BCUT2D eigenvalue weighted by molar-refractivity contribution is 0.102. The van der Waals surface area contributed by atoms with E-state index in [9.17, 15) is 4.79 Å². The summed E-state index contributed by atoms with van der Waals surface area (Å²) in [6, 6.07) is 17.2. The van der Waals surface area contributed by atoms with E-state index in [-0.39, 0.29) is 5.91 Å². The number of hydrogen-bond acceptors (Lipinski definition) is 5. The van der Waals surface area contributed by atoms with Crippen LogP contribution in [0.4, 0.5) is 5.69 Å². The normalized spacial score (nSPS) is 10.8. The van der Waals surface area contributed by atoms with Crippen molar-refractivity contribution in [3.05, 3.63) is 90.0 Å². The van der Waals surface area contributed by atoms with E-state index in [1.54, 1.807) is 30.7 Å². The lowest BCUT2D eigenvalue weighted by atomic mass is 10.1. The topological polar surface area (TPSA) is 67.8 Å². The summed E-state index contributed by atoms with van der Waals surface area (Å²) in [5, 5.41) is 4.66. The molecule has 6 heteroatoms. The molecule has 0 aliphatic heterocycles. The molecule has 0 aliphatic rings. The number of aromatic nitrogens is 3. The molecule has 28 heavy (non-hydrogen) atoms. The first-order valence-electron chi connectivity index (χ1n) is 8.84. The second-order valence-corrected chi connectivity index (χ2v) is 7.28. The van der Waals surface area contributed by atoms with Crippen LogP contribution in [0.3, 0.4) is 0 Å². The van der Waals surface area contributed by atoms with Crippen molar-refractivity contribution in [2.24, 2.45) is 0 Å². The molecule has 0 atom stereocenters. The van der Waals surface area contributed by atoms with Crippen LogP contribution in [0.15, 0.2) is 78.2 Å². The van der Waals surface area contributed by atoms with Gasteiger partial charge in [0.15, 0.2) is 0 Å². The molecule has 4 aromatic rings. The van der Waals surface area contributed by atoms with Crippen molar-refractivity contribution >= 4 is 34.3 Å². The van der Waals surface area contributed by atoms with Gasteiger partial charge in [-0.15, -0.1) is 11.8 Å². The number of pyridine rings is 3. The summed E-state index contributed by atoms with van der Waals surface area (Å²) in [4.78, 5) is 25.8. The number of fused-ring (bicyclic) bond motifs is 1. The second kappa shape index (κ2) is 8.19. The van der Waals surface area contributed by atoms with Crippen LogP contribution in [-0.2, 0) is 5.75 Å². The van der Waals surface area contributed by atoms with Crippen molar-refractivity contribution in [1.82, 2.24) is 15.0 Å². The highest BCUT2D eigenvalue weighted by Gasteiger charge is 2.13. The molecule has 3 aromatic heterocycles. The Labute approximate surface area is 167 Å². The maximum absolute atomic E-state index is 12.8. The van der Waals surface area contributed by atoms with Crippen LogP contribution < -0.4 is 5.32 Å². The predicted octanol–water partition coefficient (Wildman–Crippen LogP) is 4.88. The molecule has 5 nitrogen and oxygen atoms in total. The van der Waals surface area contributed by atoms with Crippen molar-refractivity contribution in [2.75, 3.05) is 5.32 Å². The summed E-state index contributed by atoms with van der Waals surface area (Å²) < 4.78 is 0. The van der Waals surface area contributed by atoms with E-state index in [0.29, 0.717) is 10.6 Å². The molecule has 1 aromatic carbocycles. The van der Waals surface area contributed by atoms with E-state index in [4.69, 9.17) is 0 Å². The molecule has 0 unspecified atom stereocenters. The number of carbonyl (C=O) groups is 1. The molecule has 3 heterocycles.